The molecule has 7 heteroatoms. The van der Waals surface area contributed by atoms with E-state index < -0.39 is 12.4 Å². The molecule has 2 rings (SSSR count). The quantitative estimate of drug-likeness (QED) is 0.744. The Morgan fingerprint density at radius 1 is 1.10 bits per heavy atom. The van der Waals surface area contributed by atoms with Gasteiger partial charge in [-0.05, 0) is 18.6 Å². The first-order valence-electron chi connectivity index (χ1n) is 5.78. The van der Waals surface area contributed by atoms with Crippen LogP contribution in [-0.4, -0.2) is 12.0 Å². The van der Waals surface area contributed by atoms with Crippen LogP contribution in [0, 0.1) is 6.92 Å². The van der Waals surface area contributed by atoms with Gasteiger partial charge in [-0.3, -0.25) is 4.98 Å². The summed E-state index contributed by atoms with van der Waals surface area (Å²) in [6.45, 7) is -2.86. The molecule has 1 aromatic heterocycles. The van der Waals surface area contributed by atoms with Gasteiger partial charge in [-0.25, -0.2) is 0 Å². The Morgan fingerprint density at radius 2 is 1.75 bits per heavy atom. The van der Waals surface area contributed by atoms with E-state index in [9.17, 15) is 12.9 Å². The van der Waals surface area contributed by atoms with Crippen molar-refractivity contribution in [1.29, 1.82) is 0 Å². The summed E-state index contributed by atoms with van der Waals surface area (Å²) in [4.78, 5) is 3.55. The third-order valence-electron chi connectivity index (χ3n) is 2.64. The molecule has 1 heterocycles. The first-order valence-corrected chi connectivity index (χ1v) is 5.78. The van der Waals surface area contributed by atoms with E-state index in [1.165, 1.54) is 6.20 Å². The summed E-state index contributed by atoms with van der Waals surface area (Å²) < 4.78 is 42.9. The van der Waals surface area contributed by atoms with E-state index in [-0.39, 0.29) is 63.7 Å². The smallest absolute Gasteiger partial charge is 0.487 e. The normalized spacial score (nSPS) is 10.8. The molecule has 0 aliphatic carbocycles. The van der Waals surface area contributed by atoms with Crippen molar-refractivity contribution >= 4 is 12.4 Å². The van der Waals surface area contributed by atoms with Crippen molar-refractivity contribution in [2.24, 2.45) is 0 Å². The molecule has 1 aromatic carbocycles. The molecule has 0 amide bonds. The Labute approximate surface area is 158 Å². The van der Waals surface area contributed by atoms with Gasteiger partial charge in [-0.1, -0.05) is 35.3 Å². The average molecular weight is 305 g/mol. The molecule has 0 aliphatic heterocycles. The van der Waals surface area contributed by atoms with E-state index in [1.54, 1.807) is 0 Å². The van der Waals surface area contributed by atoms with E-state index in [1.807, 2.05) is 31.2 Å². The van der Waals surface area contributed by atoms with Crippen molar-refractivity contribution in [3.63, 3.8) is 0 Å². The maximum atomic E-state index is 12.5. The number of benzene rings is 1. The predicted molar refractivity (Wildman–Crippen MR) is 68.5 cm³/mol. The summed E-state index contributed by atoms with van der Waals surface area (Å²) >= 11 is 0. The summed E-state index contributed by atoms with van der Waals surface area (Å²) in [5.74, 6) is 0.122. The second kappa shape index (κ2) is 7.61. The second-order valence-electron chi connectivity index (χ2n) is 4.30. The maximum Gasteiger partial charge on any atom is 1.00 e. The van der Waals surface area contributed by atoms with Crippen molar-refractivity contribution < 1.29 is 69.1 Å². The van der Waals surface area contributed by atoms with Crippen LogP contribution in [0.25, 0.3) is 0 Å². The second-order valence-corrected chi connectivity index (χ2v) is 4.30. The molecule has 0 spiro atoms. The Balaban J connectivity index is 0.00000200. The number of pyridine rings is 1. The van der Waals surface area contributed by atoms with Gasteiger partial charge in [0.1, 0.15) is 12.4 Å². The number of rotatable bonds is 4. The predicted octanol–water partition coefficient (Wildman–Crippen LogP) is 0.0274. The van der Waals surface area contributed by atoms with Gasteiger partial charge in [0.15, 0.2) is 0 Å². The van der Waals surface area contributed by atoms with Crippen molar-refractivity contribution in [3.05, 3.63) is 53.9 Å². The Kier molecular flexibility index (Phi) is 6.74. The topological polar surface area (TPSA) is 22.1 Å². The van der Waals surface area contributed by atoms with Crippen LogP contribution in [0.15, 0.2) is 42.7 Å². The molecule has 0 saturated carbocycles. The number of halogens is 3. The third kappa shape index (κ3) is 5.22. The Bertz CT molecular complexity index is 560. The fraction of sp³-hybridized carbons (Fsp3) is 0.154. The molecule has 0 radical (unpaired) electrons. The van der Waals surface area contributed by atoms with E-state index in [4.69, 9.17) is 4.74 Å². The number of hydrogen-bond acceptors (Lipinski definition) is 2. The molecular formula is C13H12BF3KNO. The van der Waals surface area contributed by atoms with Crippen molar-refractivity contribution in [2.45, 2.75) is 13.5 Å². The molecule has 0 atom stereocenters. The fourth-order valence-electron chi connectivity index (χ4n) is 1.54. The molecule has 0 saturated heterocycles. The molecule has 2 aromatic rings. The van der Waals surface area contributed by atoms with Crippen molar-refractivity contribution in [1.82, 2.24) is 4.98 Å². The molecule has 100 valence electrons. The summed E-state index contributed by atoms with van der Waals surface area (Å²) in [6.07, 6.45) is 2.08. The monoisotopic (exact) mass is 305 g/mol. The van der Waals surface area contributed by atoms with Crippen LogP contribution in [0.5, 0.6) is 5.75 Å². The first-order chi connectivity index (χ1) is 8.95. The van der Waals surface area contributed by atoms with Crippen molar-refractivity contribution in [3.8, 4) is 5.75 Å². The van der Waals surface area contributed by atoms with E-state index in [0.717, 1.165) is 23.4 Å². The molecule has 0 N–H and O–H groups in total. The number of ether oxygens (including phenoxy) is 1. The van der Waals surface area contributed by atoms with E-state index in [0.29, 0.717) is 0 Å². The van der Waals surface area contributed by atoms with Crippen LogP contribution in [0.4, 0.5) is 12.9 Å². The Hall–Kier alpha value is -0.339. The van der Waals surface area contributed by atoms with Gasteiger partial charge < -0.3 is 17.7 Å². The van der Waals surface area contributed by atoms with Crippen LogP contribution in [0.1, 0.15) is 11.1 Å². The molecule has 20 heavy (non-hydrogen) atoms. The molecule has 0 unspecified atom stereocenters. The minimum Gasteiger partial charge on any atom is -0.487 e. The maximum absolute atomic E-state index is 12.5. The molecule has 0 bridgehead atoms. The van der Waals surface area contributed by atoms with Gasteiger partial charge in [0, 0.05) is 6.20 Å². The van der Waals surface area contributed by atoms with Crippen molar-refractivity contribution in [2.75, 3.05) is 0 Å². The summed E-state index contributed by atoms with van der Waals surface area (Å²) in [6, 6.07) is 8.57. The van der Waals surface area contributed by atoms with Gasteiger partial charge >= 0.3 is 58.4 Å². The zero-order valence-corrected chi connectivity index (χ0v) is 14.4. The minimum atomic E-state index is -5.04. The van der Waals surface area contributed by atoms with Crippen LogP contribution in [0.2, 0.25) is 0 Å². The number of aromatic nitrogens is 1. The SMILES string of the molecule is Cc1ccc(COc2cncc([B-](F)(F)F)c2)cc1.[K+]. The number of nitrogens with zero attached hydrogens (tertiary/aromatic N) is 1. The van der Waals surface area contributed by atoms with Crippen LogP contribution in [-0.2, 0) is 6.61 Å². The molecule has 0 aliphatic rings. The summed E-state index contributed by atoms with van der Waals surface area (Å²) in [5, 5.41) is 0. The molecule has 2 nitrogen and oxygen atoms in total. The first kappa shape index (κ1) is 17.7. The van der Waals surface area contributed by atoms with Gasteiger partial charge in [-0.2, -0.15) is 0 Å². The Morgan fingerprint density at radius 3 is 2.35 bits per heavy atom. The van der Waals surface area contributed by atoms with Crippen LogP contribution >= 0.6 is 0 Å². The van der Waals surface area contributed by atoms with Gasteiger partial charge in [0.2, 0.25) is 0 Å². The average Bonchev–Trinajstić information content (AvgIpc) is 2.37. The van der Waals surface area contributed by atoms with E-state index in [2.05, 4.69) is 4.98 Å². The third-order valence-corrected chi connectivity index (χ3v) is 2.64. The number of aryl methyl sites for hydroxylation is 1. The summed E-state index contributed by atoms with van der Waals surface area (Å²) in [5.41, 5.74) is 1.27. The summed E-state index contributed by atoms with van der Waals surface area (Å²) in [7, 11) is 0. The van der Waals surface area contributed by atoms with E-state index >= 15 is 0 Å². The van der Waals surface area contributed by atoms with Gasteiger partial charge in [0.25, 0.3) is 0 Å². The standard InChI is InChI=1S/C13H12BF3NO.K/c1-10-2-4-11(5-3-10)9-19-13-6-12(7-18-8-13)14(15,16)17;/h2-8H,9H2,1H3;/q-1;+1. The number of hydrogen-bond donors (Lipinski definition) is 0. The largest absolute Gasteiger partial charge is 1.00 e. The van der Waals surface area contributed by atoms with Crippen LogP contribution < -0.4 is 61.6 Å². The molecule has 0 fully saturated rings. The van der Waals surface area contributed by atoms with Gasteiger partial charge in [0.05, 0.1) is 6.20 Å². The van der Waals surface area contributed by atoms with Gasteiger partial charge in [-0.15, -0.1) is 0 Å². The zero-order valence-electron chi connectivity index (χ0n) is 11.3. The fourth-order valence-corrected chi connectivity index (χ4v) is 1.54. The molecular weight excluding hydrogens is 293 g/mol. The minimum absolute atomic E-state index is 0. The van der Waals surface area contributed by atoms with Crippen LogP contribution in [0.3, 0.4) is 0 Å². The zero-order chi connectivity index (χ0) is 13.9.